The monoisotopic (exact) mass is 348 g/mol. The molecule has 1 aromatic rings. The molecule has 7 nitrogen and oxygen atoms in total. The molecular formula is C18H24N2O5. The first kappa shape index (κ1) is 17.7. The first-order valence-electron chi connectivity index (χ1n) is 8.52. The molecule has 0 saturated carbocycles. The van der Waals surface area contributed by atoms with Crippen molar-refractivity contribution in [2.24, 2.45) is 5.41 Å². The lowest BCUT2D eigenvalue weighted by molar-refractivity contribution is -0.142. The fourth-order valence-electron chi connectivity index (χ4n) is 4.13. The van der Waals surface area contributed by atoms with Crippen molar-refractivity contribution in [1.29, 1.82) is 0 Å². The van der Waals surface area contributed by atoms with Crippen LogP contribution in [0.4, 0.5) is 0 Å². The second-order valence-electron chi connectivity index (χ2n) is 7.04. The molecule has 136 valence electrons. The fraction of sp³-hybridized carbons (Fsp3) is 0.556. The molecule has 0 aromatic heterocycles. The van der Waals surface area contributed by atoms with Crippen LogP contribution in [0, 0.1) is 5.41 Å². The summed E-state index contributed by atoms with van der Waals surface area (Å²) in [4.78, 5) is 25.0. The Balaban J connectivity index is 1.86. The van der Waals surface area contributed by atoms with Gasteiger partial charge in [-0.05, 0) is 56.0 Å². The molecular weight excluding hydrogens is 324 g/mol. The van der Waals surface area contributed by atoms with Crippen molar-refractivity contribution in [2.75, 3.05) is 26.7 Å². The van der Waals surface area contributed by atoms with Crippen LogP contribution in [0.25, 0.3) is 0 Å². The Morgan fingerprint density at radius 2 is 2.04 bits per heavy atom. The van der Waals surface area contributed by atoms with Crippen LogP contribution in [0.15, 0.2) is 18.2 Å². The summed E-state index contributed by atoms with van der Waals surface area (Å²) in [5.41, 5.74) is 0.921. The standard InChI is InChI=1S/C18H24N2O5/c1-25-15-3-2-12(16(21)22)8-13(15)10-20-11-18(4-6-19-7-5-18)9-14(20)17(23)24/h2-3,8,14,19H,4-7,9-11H2,1H3,(H,21,22)(H,23,24)/t14-/m0/s1. The normalized spacial score (nSPS) is 22.8. The average Bonchev–Trinajstić information content (AvgIpc) is 2.93. The van der Waals surface area contributed by atoms with Gasteiger partial charge in [0.15, 0.2) is 0 Å². The van der Waals surface area contributed by atoms with Gasteiger partial charge in [-0.15, -0.1) is 0 Å². The lowest BCUT2D eigenvalue weighted by atomic mass is 9.77. The van der Waals surface area contributed by atoms with Crippen molar-refractivity contribution in [3.05, 3.63) is 29.3 Å². The number of aromatic carboxylic acids is 1. The molecule has 0 bridgehead atoms. The lowest BCUT2D eigenvalue weighted by Gasteiger charge is -2.33. The van der Waals surface area contributed by atoms with Crippen LogP contribution in [0.2, 0.25) is 0 Å². The van der Waals surface area contributed by atoms with Gasteiger partial charge in [0.1, 0.15) is 11.8 Å². The van der Waals surface area contributed by atoms with Crippen LogP contribution in [-0.4, -0.2) is 59.8 Å². The summed E-state index contributed by atoms with van der Waals surface area (Å²) in [6, 6.07) is 4.16. The van der Waals surface area contributed by atoms with Crippen LogP contribution in [-0.2, 0) is 11.3 Å². The molecule has 0 aliphatic carbocycles. The maximum atomic E-state index is 11.8. The SMILES string of the molecule is COc1ccc(C(=O)O)cc1CN1CC2(CCNCC2)C[C@H]1C(=O)O. The van der Waals surface area contributed by atoms with Gasteiger partial charge in [-0.1, -0.05) is 0 Å². The van der Waals surface area contributed by atoms with E-state index in [2.05, 4.69) is 5.32 Å². The molecule has 1 atom stereocenters. The zero-order valence-corrected chi connectivity index (χ0v) is 14.3. The highest BCUT2D eigenvalue weighted by Crippen LogP contribution is 2.43. The highest BCUT2D eigenvalue weighted by atomic mass is 16.5. The number of likely N-dealkylation sites (tertiary alicyclic amines) is 1. The number of ether oxygens (including phenoxy) is 1. The molecule has 2 heterocycles. The number of hydrogen-bond acceptors (Lipinski definition) is 5. The van der Waals surface area contributed by atoms with Crippen LogP contribution < -0.4 is 10.1 Å². The Kier molecular flexibility index (Phi) is 4.96. The molecule has 1 spiro atoms. The first-order valence-corrected chi connectivity index (χ1v) is 8.52. The van der Waals surface area contributed by atoms with E-state index in [0.29, 0.717) is 30.8 Å². The topological polar surface area (TPSA) is 99.1 Å². The van der Waals surface area contributed by atoms with E-state index in [1.807, 2.05) is 4.90 Å². The van der Waals surface area contributed by atoms with Crippen molar-refractivity contribution in [3.8, 4) is 5.75 Å². The third-order valence-electron chi connectivity index (χ3n) is 5.46. The van der Waals surface area contributed by atoms with E-state index in [1.54, 1.807) is 12.1 Å². The summed E-state index contributed by atoms with van der Waals surface area (Å²) in [5.74, 6) is -1.24. The molecule has 25 heavy (non-hydrogen) atoms. The summed E-state index contributed by atoms with van der Waals surface area (Å²) in [6.45, 7) is 2.92. The number of carbonyl (C=O) groups is 2. The zero-order valence-electron chi connectivity index (χ0n) is 14.3. The summed E-state index contributed by atoms with van der Waals surface area (Å²) in [6.07, 6.45) is 2.59. The number of methoxy groups -OCH3 is 1. The van der Waals surface area contributed by atoms with Gasteiger partial charge < -0.3 is 20.3 Å². The van der Waals surface area contributed by atoms with E-state index in [9.17, 15) is 19.8 Å². The van der Waals surface area contributed by atoms with E-state index in [1.165, 1.54) is 13.2 Å². The molecule has 3 rings (SSSR count). The summed E-state index contributed by atoms with van der Waals surface area (Å²) >= 11 is 0. The quantitative estimate of drug-likeness (QED) is 0.740. The summed E-state index contributed by atoms with van der Waals surface area (Å²) in [7, 11) is 1.53. The Labute approximate surface area is 146 Å². The van der Waals surface area contributed by atoms with Crippen LogP contribution in [0.5, 0.6) is 5.75 Å². The maximum absolute atomic E-state index is 11.8. The maximum Gasteiger partial charge on any atom is 0.335 e. The number of nitrogens with one attached hydrogen (secondary N) is 1. The molecule has 2 aliphatic rings. The van der Waals surface area contributed by atoms with Gasteiger partial charge in [-0.25, -0.2) is 4.79 Å². The van der Waals surface area contributed by atoms with Gasteiger partial charge in [0.25, 0.3) is 0 Å². The number of aliphatic carboxylic acids is 1. The largest absolute Gasteiger partial charge is 0.496 e. The summed E-state index contributed by atoms with van der Waals surface area (Å²) in [5, 5.41) is 22.2. The Morgan fingerprint density at radius 3 is 2.64 bits per heavy atom. The predicted octanol–water partition coefficient (Wildman–Crippen LogP) is 1.42. The van der Waals surface area contributed by atoms with E-state index >= 15 is 0 Å². The Morgan fingerprint density at radius 1 is 1.32 bits per heavy atom. The highest BCUT2D eigenvalue weighted by Gasteiger charge is 2.47. The van der Waals surface area contributed by atoms with E-state index in [4.69, 9.17) is 4.74 Å². The number of carboxylic acids is 2. The van der Waals surface area contributed by atoms with Crippen LogP contribution in [0.1, 0.15) is 35.2 Å². The van der Waals surface area contributed by atoms with Crippen molar-refractivity contribution < 1.29 is 24.5 Å². The third kappa shape index (κ3) is 3.62. The van der Waals surface area contributed by atoms with Gasteiger partial charge in [0.05, 0.1) is 12.7 Å². The summed E-state index contributed by atoms with van der Waals surface area (Å²) < 4.78 is 5.35. The van der Waals surface area contributed by atoms with Gasteiger partial charge in [0.2, 0.25) is 0 Å². The fourth-order valence-corrected chi connectivity index (χ4v) is 4.13. The van der Waals surface area contributed by atoms with Crippen molar-refractivity contribution in [1.82, 2.24) is 10.2 Å². The van der Waals surface area contributed by atoms with E-state index < -0.39 is 18.0 Å². The number of piperidine rings is 1. The lowest BCUT2D eigenvalue weighted by Crippen LogP contribution is -2.38. The molecule has 3 N–H and O–H groups in total. The average molecular weight is 348 g/mol. The van der Waals surface area contributed by atoms with Crippen LogP contribution in [0.3, 0.4) is 0 Å². The predicted molar refractivity (Wildman–Crippen MR) is 90.9 cm³/mol. The number of rotatable bonds is 5. The first-order chi connectivity index (χ1) is 11.9. The molecule has 0 radical (unpaired) electrons. The minimum Gasteiger partial charge on any atom is -0.496 e. The Bertz CT molecular complexity index is 669. The van der Waals surface area contributed by atoms with Crippen molar-refractivity contribution >= 4 is 11.9 Å². The van der Waals surface area contributed by atoms with E-state index in [0.717, 1.165) is 25.9 Å². The molecule has 1 aromatic carbocycles. The number of carboxylic acid groups (broad SMARTS) is 2. The number of nitrogens with zero attached hydrogens (tertiary/aromatic N) is 1. The minimum absolute atomic E-state index is 0.0337. The third-order valence-corrected chi connectivity index (χ3v) is 5.46. The van der Waals surface area contributed by atoms with Gasteiger partial charge in [-0.2, -0.15) is 0 Å². The van der Waals surface area contributed by atoms with Crippen molar-refractivity contribution in [2.45, 2.75) is 31.8 Å². The number of benzene rings is 1. The molecule has 0 amide bonds. The van der Waals surface area contributed by atoms with Crippen LogP contribution >= 0.6 is 0 Å². The molecule has 0 unspecified atom stereocenters. The van der Waals surface area contributed by atoms with Gasteiger partial charge in [-0.3, -0.25) is 9.69 Å². The van der Waals surface area contributed by atoms with Gasteiger partial charge in [0, 0.05) is 18.7 Å². The zero-order chi connectivity index (χ0) is 18.0. The molecule has 2 fully saturated rings. The van der Waals surface area contributed by atoms with Crippen molar-refractivity contribution in [3.63, 3.8) is 0 Å². The van der Waals surface area contributed by atoms with E-state index in [-0.39, 0.29) is 11.0 Å². The highest BCUT2D eigenvalue weighted by molar-refractivity contribution is 5.88. The van der Waals surface area contributed by atoms with Gasteiger partial charge >= 0.3 is 11.9 Å². The molecule has 2 aliphatic heterocycles. The molecule has 7 heteroatoms. The molecule has 2 saturated heterocycles. The second kappa shape index (κ2) is 7.01. The second-order valence-corrected chi connectivity index (χ2v) is 7.04. The Hall–Kier alpha value is -2.12. The smallest absolute Gasteiger partial charge is 0.335 e. The number of hydrogen-bond donors (Lipinski definition) is 3. The minimum atomic E-state index is -1.00.